The van der Waals surface area contributed by atoms with E-state index in [9.17, 15) is 4.79 Å². The van der Waals surface area contributed by atoms with Crippen LogP contribution in [0.25, 0.3) is 10.9 Å². The third kappa shape index (κ3) is 5.15. The molecule has 2 saturated heterocycles. The highest BCUT2D eigenvalue weighted by Crippen LogP contribution is 2.32. The number of rotatable bonds is 7. The molecule has 7 heteroatoms. The normalized spacial score (nSPS) is 19.3. The van der Waals surface area contributed by atoms with E-state index in [1.165, 1.54) is 17.5 Å². The van der Waals surface area contributed by atoms with Gasteiger partial charge in [0.2, 0.25) is 0 Å². The molecule has 3 aromatic rings. The molecule has 0 radical (unpaired) electrons. The van der Waals surface area contributed by atoms with Crippen LogP contribution in [0.5, 0.6) is 5.75 Å². The lowest BCUT2D eigenvalue weighted by Crippen LogP contribution is -2.40. The van der Waals surface area contributed by atoms with Crippen LogP contribution in [0.4, 0.5) is 5.82 Å². The first kappa shape index (κ1) is 24.2. The minimum absolute atomic E-state index is 0.000121. The molecule has 1 unspecified atom stereocenters. The maximum absolute atomic E-state index is 13.8. The number of aromatic nitrogens is 1. The second kappa shape index (κ2) is 10.7. The van der Waals surface area contributed by atoms with Crippen molar-refractivity contribution in [2.24, 2.45) is 0 Å². The Morgan fingerprint density at radius 3 is 2.57 bits per heavy atom. The quantitative estimate of drug-likeness (QED) is 0.479. The van der Waals surface area contributed by atoms with Gasteiger partial charge >= 0.3 is 0 Å². The Morgan fingerprint density at radius 2 is 1.84 bits per heavy atom. The van der Waals surface area contributed by atoms with Crippen LogP contribution >= 0.6 is 0 Å². The monoisotopic (exact) mass is 501 g/mol. The van der Waals surface area contributed by atoms with Gasteiger partial charge in [-0.2, -0.15) is 0 Å². The number of carbonyl (C=O) groups is 1. The minimum Gasteiger partial charge on any atom is -0.497 e. The number of pyridine rings is 1. The number of benzene rings is 2. The number of carbonyl (C=O) groups excluding carboxylic acids is 1. The third-order valence-electron chi connectivity index (χ3n) is 7.83. The maximum atomic E-state index is 13.8. The summed E-state index contributed by atoms with van der Waals surface area (Å²) in [7, 11) is 1.63. The zero-order chi connectivity index (χ0) is 25.2. The first-order valence-electron chi connectivity index (χ1n) is 13.5. The lowest BCUT2D eigenvalue weighted by atomic mass is 10.0. The van der Waals surface area contributed by atoms with E-state index < -0.39 is 0 Å². The average Bonchev–Trinajstić information content (AvgIpc) is 3.63. The molecule has 194 valence electrons. The second-order valence-electron chi connectivity index (χ2n) is 10.3. The molecule has 6 rings (SSSR count). The molecular formula is C30H35N3O4. The van der Waals surface area contributed by atoms with Crippen LogP contribution in [0.1, 0.15) is 46.3 Å². The number of nitrogens with zero attached hydrogens (tertiary/aromatic N) is 3. The van der Waals surface area contributed by atoms with Gasteiger partial charge in [0.15, 0.2) is 0 Å². The zero-order valence-corrected chi connectivity index (χ0v) is 21.6. The Balaban J connectivity index is 1.38. The number of amides is 1. The third-order valence-corrected chi connectivity index (χ3v) is 7.83. The van der Waals surface area contributed by atoms with Crippen LogP contribution < -0.4 is 9.64 Å². The Morgan fingerprint density at radius 1 is 1.05 bits per heavy atom. The Labute approximate surface area is 218 Å². The predicted molar refractivity (Wildman–Crippen MR) is 144 cm³/mol. The van der Waals surface area contributed by atoms with Crippen LogP contribution in [0.15, 0.2) is 42.5 Å². The molecule has 0 saturated carbocycles. The molecule has 1 aromatic heterocycles. The van der Waals surface area contributed by atoms with Gasteiger partial charge < -0.3 is 24.0 Å². The lowest BCUT2D eigenvalue weighted by Gasteiger charge is -2.32. The minimum atomic E-state index is 0.000121. The van der Waals surface area contributed by atoms with E-state index in [1.54, 1.807) is 7.11 Å². The van der Waals surface area contributed by atoms with Gasteiger partial charge in [0.25, 0.3) is 5.91 Å². The molecular weight excluding hydrogens is 466 g/mol. The van der Waals surface area contributed by atoms with Crippen LogP contribution in [0.3, 0.4) is 0 Å². The standard InChI is InChI=1S/C30H35N3O4/c1-35-26-9-7-21(8-10-26)30(34)33(20-27-6-3-13-37-27)19-25-17-24-16-22-4-2-5-23(22)18-28(24)31-29(25)32-11-14-36-15-12-32/h7-10,16-18,27H,2-6,11-15,19-20H2,1H3. The van der Waals surface area contributed by atoms with Crippen molar-refractivity contribution in [1.29, 1.82) is 0 Å². The largest absolute Gasteiger partial charge is 0.497 e. The summed E-state index contributed by atoms with van der Waals surface area (Å²) in [5.74, 6) is 1.71. The molecule has 2 aromatic carbocycles. The van der Waals surface area contributed by atoms with Gasteiger partial charge in [-0.3, -0.25) is 4.79 Å². The van der Waals surface area contributed by atoms with Crippen molar-refractivity contribution in [3.8, 4) is 5.75 Å². The van der Waals surface area contributed by atoms with Gasteiger partial charge in [-0.25, -0.2) is 4.98 Å². The van der Waals surface area contributed by atoms with Crippen LogP contribution in [0.2, 0.25) is 0 Å². The lowest BCUT2D eigenvalue weighted by molar-refractivity contribution is 0.0507. The van der Waals surface area contributed by atoms with Gasteiger partial charge in [-0.15, -0.1) is 0 Å². The van der Waals surface area contributed by atoms with Crippen molar-refractivity contribution >= 4 is 22.6 Å². The summed E-state index contributed by atoms with van der Waals surface area (Å²) in [6.45, 7) is 4.79. The second-order valence-corrected chi connectivity index (χ2v) is 10.3. The summed E-state index contributed by atoms with van der Waals surface area (Å²) in [6, 6.07) is 14.2. The van der Waals surface area contributed by atoms with Gasteiger partial charge in [-0.1, -0.05) is 0 Å². The fraction of sp³-hybridized carbons (Fsp3) is 0.467. The van der Waals surface area contributed by atoms with Crippen molar-refractivity contribution < 1.29 is 19.0 Å². The van der Waals surface area contributed by atoms with E-state index in [0.29, 0.717) is 31.9 Å². The van der Waals surface area contributed by atoms with Crippen molar-refractivity contribution in [2.75, 3.05) is 51.5 Å². The maximum Gasteiger partial charge on any atom is 0.254 e. The van der Waals surface area contributed by atoms with E-state index in [-0.39, 0.29) is 12.0 Å². The Kier molecular flexibility index (Phi) is 6.98. The molecule has 3 aliphatic rings. The summed E-state index contributed by atoms with van der Waals surface area (Å²) in [6.07, 6.45) is 5.55. The number of anilines is 1. The van der Waals surface area contributed by atoms with Gasteiger partial charge in [0.1, 0.15) is 11.6 Å². The van der Waals surface area contributed by atoms with Crippen LogP contribution in [-0.4, -0.2) is 68.5 Å². The van der Waals surface area contributed by atoms with E-state index in [4.69, 9.17) is 19.2 Å². The van der Waals surface area contributed by atoms with E-state index >= 15 is 0 Å². The molecule has 3 heterocycles. The SMILES string of the molecule is COc1ccc(C(=O)N(Cc2cc3cc4c(cc3nc2N2CCOCC2)CCC4)CC2CCCO2)cc1. The first-order chi connectivity index (χ1) is 18.2. The molecule has 0 N–H and O–H groups in total. The molecule has 37 heavy (non-hydrogen) atoms. The molecule has 2 fully saturated rings. The van der Waals surface area contributed by atoms with Crippen molar-refractivity contribution in [3.05, 3.63) is 64.7 Å². The predicted octanol–water partition coefficient (Wildman–Crippen LogP) is 4.39. The van der Waals surface area contributed by atoms with E-state index in [1.807, 2.05) is 29.2 Å². The van der Waals surface area contributed by atoms with Crippen molar-refractivity contribution in [2.45, 2.75) is 44.8 Å². The molecule has 0 bridgehead atoms. The Bertz CT molecular complexity index is 1260. The summed E-state index contributed by atoms with van der Waals surface area (Å²) >= 11 is 0. The first-order valence-corrected chi connectivity index (χ1v) is 13.5. The fourth-order valence-corrected chi connectivity index (χ4v) is 5.82. The molecule has 1 amide bonds. The highest BCUT2D eigenvalue weighted by atomic mass is 16.5. The number of morpholine rings is 1. The molecule has 1 atom stereocenters. The number of ether oxygens (including phenoxy) is 3. The summed E-state index contributed by atoms with van der Waals surface area (Å²) < 4.78 is 16.9. The Hall–Kier alpha value is -3.16. The number of aryl methyl sites for hydroxylation is 2. The van der Waals surface area contributed by atoms with Crippen molar-refractivity contribution in [3.63, 3.8) is 0 Å². The van der Waals surface area contributed by atoms with Crippen molar-refractivity contribution in [1.82, 2.24) is 9.88 Å². The molecule has 7 nitrogen and oxygen atoms in total. The van der Waals surface area contributed by atoms with Gasteiger partial charge in [-0.05, 0) is 85.7 Å². The topological polar surface area (TPSA) is 64.1 Å². The molecule has 0 spiro atoms. The number of methoxy groups -OCH3 is 1. The zero-order valence-electron chi connectivity index (χ0n) is 21.6. The van der Waals surface area contributed by atoms with Crippen LogP contribution in [0, 0.1) is 0 Å². The van der Waals surface area contributed by atoms with Gasteiger partial charge in [0.05, 0.1) is 31.9 Å². The van der Waals surface area contributed by atoms with E-state index in [0.717, 1.165) is 73.4 Å². The van der Waals surface area contributed by atoms with E-state index in [2.05, 4.69) is 23.1 Å². The number of hydrogen-bond acceptors (Lipinski definition) is 6. The van der Waals surface area contributed by atoms with Crippen LogP contribution in [-0.2, 0) is 28.9 Å². The fourth-order valence-electron chi connectivity index (χ4n) is 5.82. The average molecular weight is 502 g/mol. The molecule has 1 aliphatic carbocycles. The highest BCUT2D eigenvalue weighted by Gasteiger charge is 2.27. The molecule has 2 aliphatic heterocycles. The number of fused-ring (bicyclic) bond motifs is 2. The van der Waals surface area contributed by atoms with Gasteiger partial charge in [0, 0.05) is 49.3 Å². The smallest absolute Gasteiger partial charge is 0.254 e. The summed E-state index contributed by atoms with van der Waals surface area (Å²) in [4.78, 5) is 23.3. The highest BCUT2D eigenvalue weighted by molar-refractivity contribution is 5.94. The number of hydrogen-bond donors (Lipinski definition) is 0. The summed E-state index contributed by atoms with van der Waals surface area (Å²) in [5.41, 5.74) is 5.63. The summed E-state index contributed by atoms with van der Waals surface area (Å²) in [5, 5.41) is 1.15.